The molecule has 20 heavy (non-hydrogen) atoms. The molecule has 0 aliphatic rings. The average Bonchev–Trinajstić information content (AvgIpc) is 2.45. The van der Waals surface area contributed by atoms with Crippen LogP contribution in [0.2, 0.25) is 5.02 Å². The number of anilines is 1. The van der Waals surface area contributed by atoms with Gasteiger partial charge in [0.15, 0.2) is 0 Å². The van der Waals surface area contributed by atoms with Crippen molar-refractivity contribution in [2.24, 2.45) is 0 Å². The van der Waals surface area contributed by atoms with Crippen molar-refractivity contribution < 1.29 is 0 Å². The van der Waals surface area contributed by atoms with Crippen LogP contribution < -0.4 is 10.2 Å². The van der Waals surface area contributed by atoms with Gasteiger partial charge in [0.1, 0.15) is 0 Å². The predicted molar refractivity (Wildman–Crippen MR) is 87.5 cm³/mol. The van der Waals surface area contributed by atoms with E-state index in [1.807, 2.05) is 18.2 Å². The van der Waals surface area contributed by atoms with Gasteiger partial charge in [-0.1, -0.05) is 35.9 Å². The largest absolute Gasteiger partial charge is 0.378 e. The Kier molecular flexibility index (Phi) is 5.05. The number of hydrogen-bond donors (Lipinski definition) is 1. The standard InChI is InChI=1S/C17H21ClN2/c1-13(15-5-4-6-16(18)11-15)19-12-14-7-9-17(10-8-14)20(2)3/h4-11,13,19H,12H2,1-3H3/t13-/m0/s1. The van der Waals surface area contributed by atoms with E-state index in [4.69, 9.17) is 11.6 Å². The van der Waals surface area contributed by atoms with E-state index in [1.165, 1.54) is 16.8 Å². The van der Waals surface area contributed by atoms with Crippen LogP contribution in [0.5, 0.6) is 0 Å². The lowest BCUT2D eigenvalue weighted by Crippen LogP contribution is -2.18. The van der Waals surface area contributed by atoms with Gasteiger partial charge in [-0.05, 0) is 42.3 Å². The lowest BCUT2D eigenvalue weighted by atomic mass is 10.1. The molecule has 0 aromatic heterocycles. The molecule has 2 aromatic carbocycles. The summed E-state index contributed by atoms with van der Waals surface area (Å²) in [6, 6.07) is 16.9. The molecule has 0 radical (unpaired) electrons. The first-order valence-electron chi connectivity index (χ1n) is 6.81. The summed E-state index contributed by atoms with van der Waals surface area (Å²) in [5, 5.41) is 4.30. The molecule has 0 fully saturated rings. The molecule has 0 aliphatic carbocycles. The number of rotatable bonds is 5. The molecule has 0 spiro atoms. The zero-order chi connectivity index (χ0) is 14.5. The topological polar surface area (TPSA) is 15.3 Å². The highest BCUT2D eigenvalue weighted by Gasteiger charge is 2.05. The summed E-state index contributed by atoms with van der Waals surface area (Å²) in [4.78, 5) is 2.10. The third kappa shape index (κ3) is 3.99. The molecule has 1 N–H and O–H groups in total. The predicted octanol–water partition coefficient (Wildman–Crippen LogP) is 4.26. The third-order valence-corrected chi connectivity index (χ3v) is 3.65. The molecule has 2 aromatic rings. The number of nitrogens with zero attached hydrogens (tertiary/aromatic N) is 1. The zero-order valence-corrected chi connectivity index (χ0v) is 13.0. The van der Waals surface area contributed by atoms with E-state index in [0.717, 1.165) is 11.6 Å². The van der Waals surface area contributed by atoms with E-state index in [0.29, 0.717) is 0 Å². The lowest BCUT2D eigenvalue weighted by molar-refractivity contribution is 0.575. The monoisotopic (exact) mass is 288 g/mol. The van der Waals surface area contributed by atoms with Crippen molar-refractivity contribution in [1.29, 1.82) is 0 Å². The van der Waals surface area contributed by atoms with Crippen LogP contribution in [-0.2, 0) is 6.54 Å². The van der Waals surface area contributed by atoms with Gasteiger partial charge < -0.3 is 10.2 Å². The van der Waals surface area contributed by atoms with Gasteiger partial charge >= 0.3 is 0 Å². The molecule has 0 saturated heterocycles. The Morgan fingerprint density at radius 2 is 1.80 bits per heavy atom. The van der Waals surface area contributed by atoms with Crippen LogP contribution in [-0.4, -0.2) is 14.1 Å². The molecule has 0 amide bonds. The fraction of sp³-hybridized carbons (Fsp3) is 0.294. The molecule has 0 unspecified atom stereocenters. The summed E-state index contributed by atoms with van der Waals surface area (Å²) in [7, 11) is 4.10. The normalized spacial score (nSPS) is 12.2. The minimum absolute atomic E-state index is 0.280. The summed E-state index contributed by atoms with van der Waals surface area (Å²) >= 11 is 6.02. The van der Waals surface area contributed by atoms with Crippen LogP contribution in [0.3, 0.4) is 0 Å². The van der Waals surface area contributed by atoms with Gasteiger partial charge in [-0.2, -0.15) is 0 Å². The molecule has 0 heterocycles. The highest BCUT2D eigenvalue weighted by Crippen LogP contribution is 2.18. The quantitative estimate of drug-likeness (QED) is 0.884. The minimum atomic E-state index is 0.280. The van der Waals surface area contributed by atoms with Crippen molar-refractivity contribution in [3.63, 3.8) is 0 Å². The minimum Gasteiger partial charge on any atom is -0.378 e. The zero-order valence-electron chi connectivity index (χ0n) is 12.2. The highest BCUT2D eigenvalue weighted by atomic mass is 35.5. The molecular weight excluding hydrogens is 268 g/mol. The Morgan fingerprint density at radius 1 is 1.10 bits per heavy atom. The van der Waals surface area contributed by atoms with Gasteiger partial charge in [0.05, 0.1) is 0 Å². The number of hydrogen-bond acceptors (Lipinski definition) is 2. The lowest BCUT2D eigenvalue weighted by Gasteiger charge is -2.16. The van der Waals surface area contributed by atoms with Crippen LogP contribution in [0.25, 0.3) is 0 Å². The summed E-state index contributed by atoms with van der Waals surface area (Å²) in [5.74, 6) is 0. The Bertz CT molecular complexity index is 549. The number of nitrogens with one attached hydrogen (secondary N) is 1. The van der Waals surface area contributed by atoms with E-state index >= 15 is 0 Å². The van der Waals surface area contributed by atoms with Crippen LogP contribution in [0.1, 0.15) is 24.1 Å². The molecular formula is C17H21ClN2. The van der Waals surface area contributed by atoms with E-state index in [2.05, 4.69) is 61.6 Å². The van der Waals surface area contributed by atoms with Gasteiger partial charge in [0.25, 0.3) is 0 Å². The number of benzene rings is 2. The molecule has 2 nitrogen and oxygen atoms in total. The number of halogens is 1. The maximum absolute atomic E-state index is 6.02. The maximum atomic E-state index is 6.02. The SMILES string of the molecule is C[C@H](NCc1ccc(N(C)C)cc1)c1cccc(Cl)c1. The van der Waals surface area contributed by atoms with Crippen molar-refractivity contribution >= 4 is 17.3 Å². The molecule has 106 valence electrons. The van der Waals surface area contributed by atoms with Crippen molar-refractivity contribution in [1.82, 2.24) is 5.32 Å². The highest BCUT2D eigenvalue weighted by molar-refractivity contribution is 6.30. The van der Waals surface area contributed by atoms with Crippen LogP contribution >= 0.6 is 11.6 Å². The van der Waals surface area contributed by atoms with Crippen LogP contribution in [0, 0.1) is 0 Å². The van der Waals surface area contributed by atoms with Crippen molar-refractivity contribution in [2.75, 3.05) is 19.0 Å². The van der Waals surface area contributed by atoms with Gasteiger partial charge in [0, 0.05) is 37.4 Å². The van der Waals surface area contributed by atoms with Gasteiger partial charge in [-0.3, -0.25) is 0 Å². The Balaban J connectivity index is 1.94. The fourth-order valence-electron chi connectivity index (χ4n) is 2.08. The maximum Gasteiger partial charge on any atom is 0.0409 e. The van der Waals surface area contributed by atoms with E-state index in [1.54, 1.807) is 0 Å². The molecule has 1 atom stereocenters. The van der Waals surface area contributed by atoms with Crippen molar-refractivity contribution in [3.05, 3.63) is 64.7 Å². The average molecular weight is 289 g/mol. The third-order valence-electron chi connectivity index (χ3n) is 3.41. The summed E-state index contributed by atoms with van der Waals surface area (Å²) in [6.07, 6.45) is 0. The second kappa shape index (κ2) is 6.78. The molecule has 0 bridgehead atoms. The van der Waals surface area contributed by atoms with Crippen LogP contribution in [0.15, 0.2) is 48.5 Å². The van der Waals surface area contributed by atoms with Crippen LogP contribution in [0.4, 0.5) is 5.69 Å². The van der Waals surface area contributed by atoms with Crippen molar-refractivity contribution in [3.8, 4) is 0 Å². The summed E-state index contributed by atoms with van der Waals surface area (Å²) < 4.78 is 0. The Labute approximate surface area is 126 Å². The first kappa shape index (κ1) is 14.9. The fourth-order valence-corrected chi connectivity index (χ4v) is 2.28. The molecule has 3 heteroatoms. The second-order valence-corrected chi connectivity index (χ2v) is 5.65. The Hall–Kier alpha value is -1.51. The smallest absolute Gasteiger partial charge is 0.0409 e. The second-order valence-electron chi connectivity index (χ2n) is 5.22. The van der Waals surface area contributed by atoms with E-state index < -0.39 is 0 Å². The Morgan fingerprint density at radius 3 is 2.40 bits per heavy atom. The van der Waals surface area contributed by atoms with E-state index in [-0.39, 0.29) is 6.04 Å². The van der Waals surface area contributed by atoms with E-state index in [9.17, 15) is 0 Å². The molecule has 0 aliphatic heterocycles. The summed E-state index contributed by atoms with van der Waals surface area (Å²) in [5.41, 5.74) is 3.71. The van der Waals surface area contributed by atoms with Gasteiger partial charge in [-0.15, -0.1) is 0 Å². The molecule has 0 saturated carbocycles. The van der Waals surface area contributed by atoms with Crippen molar-refractivity contribution in [2.45, 2.75) is 19.5 Å². The molecule has 2 rings (SSSR count). The first-order valence-corrected chi connectivity index (χ1v) is 7.19. The van der Waals surface area contributed by atoms with Gasteiger partial charge in [-0.25, -0.2) is 0 Å². The first-order chi connectivity index (χ1) is 9.56. The van der Waals surface area contributed by atoms with Gasteiger partial charge in [0.2, 0.25) is 0 Å². The summed E-state index contributed by atoms with van der Waals surface area (Å²) in [6.45, 7) is 3.00.